The van der Waals surface area contributed by atoms with Crippen molar-refractivity contribution in [2.75, 3.05) is 92.6 Å². The number of piperazine rings is 1. The monoisotopic (exact) mass is 1200 g/mol. The third kappa shape index (κ3) is 14.4. The minimum atomic E-state index is -0.928. The highest BCUT2D eigenvalue weighted by molar-refractivity contribution is 7.10. The number of nitrogens with one attached hydrogen (secondary N) is 2. The summed E-state index contributed by atoms with van der Waals surface area (Å²) in [4.78, 5) is 60.7. The average molecular weight is 1200 g/mol. The first-order valence-electron chi connectivity index (χ1n) is 32.3. The maximum absolute atomic E-state index is 15.5. The van der Waals surface area contributed by atoms with Crippen LogP contribution in [0.1, 0.15) is 140 Å². The zero-order valence-corrected chi connectivity index (χ0v) is 52.8. The third-order valence-corrected chi connectivity index (χ3v) is 20.9. The Hall–Kier alpha value is -5.25. The van der Waals surface area contributed by atoms with Gasteiger partial charge in [-0.1, -0.05) is 52.0 Å². The molecule has 8 heterocycles. The van der Waals surface area contributed by atoms with Crippen LogP contribution in [-0.2, 0) is 51.0 Å². The molecule has 86 heavy (non-hydrogen) atoms. The van der Waals surface area contributed by atoms with E-state index in [1.54, 1.807) is 23.5 Å². The molecule has 0 radical (unpaired) electrons. The highest BCUT2D eigenvalue weighted by Gasteiger charge is 2.52. The number of pyridine rings is 1. The van der Waals surface area contributed by atoms with Crippen molar-refractivity contribution in [2.45, 2.75) is 167 Å². The van der Waals surface area contributed by atoms with Gasteiger partial charge in [-0.3, -0.25) is 29.4 Å². The molecule has 1 unspecified atom stereocenters. The van der Waals surface area contributed by atoms with Gasteiger partial charge < -0.3 is 43.3 Å². The number of aldehydes is 1. The Labute approximate surface area is 514 Å². The summed E-state index contributed by atoms with van der Waals surface area (Å²) in [5.41, 5.74) is 10.3. The number of terminal acetylenes is 1. The minimum Gasteiger partial charge on any atom is -0.446 e. The fraction of sp³-hybridized carbons (Fsp3) is 0.662. The molecule has 4 aromatic rings. The van der Waals surface area contributed by atoms with E-state index < -0.39 is 23.4 Å². The second-order valence-electron chi connectivity index (χ2n) is 26.5. The number of hydrogen-bond acceptors (Lipinski definition) is 15. The fourth-order valence-corrected chi connectivity index (χ4v) is 15.0. The molecule has 8 aliphatic rings. The molecule has 3 aromatic heterocycles. The fourth-order valence-electron chi connectivity index (χ4n) is 14.0. The molecule has 464 valence electrons. The normalized spacial score (nSPS) is 25.9. The number of aromatic nitrogens is 3. The van der Waals surface area contributed by atoms with Gasteiger partial charge in [-0.15, -0.1) is 11.3 Å². The molecule has 8 atom stereocenters. The van der Waals surface area contributed by atoms with Crippen LogP contribution in [0.15, 0.2) is 35.8 Å². The number of benzene rings is 1. The smallest absolute Gasteiger partial charge is 0.260 e. The standard InChI is InChI=1S/C68H93N9O8S/c1-9-82-43-68(6,7)38-56-54-37-49(59-42-86-66(70-59)57(40-73-22-10-12-29-83-30-13-11-23-73)63(71-65(79)61-45(3)46(61)4)67(80)77-52-35-50(36-52)58(41-78)72-77)16-19-60(54)76(28-33-85-53-20-31-84-32-21-53)64(56)55-34-48(39-69-62(55)47(5)81-8)15-14-44(2)74-24-26-75(27-25-74)51-17-18-51/h1,16,19,34,37,39,41-42,44-47,50-53,57-58,61,63,72H,10-13,17-18,20-33,35-36,38,40,43H2,2-8H3,(H,71,79)/t44-,45-,46+,47+,50?,52?,57+,58-,61?,63+/m1/s1. The highest BCUT2D eigenvalue weighted by atomic mass is 32.1. The quantitative estimate of drug-likeness (QED) is 0.0569. The van der Waals surface area contributed by atoms with Gasteiger partial charge in [-0.2, -0.15) is 0 Å². The first-order chi connectivity index (χ1) is 41.7. The SMILES string of the molecule is C#COCC(C)(C)Cc1c(-c2cc(C#C[C@@H](C)N3CCN(C4CC4)CC3)cnc2[C@H](C)OC)n(CCOC2CCOCC2)c2ccc(-c3csc([C@@H](CN4CCCCOCCCC4)[C@H](NC(=O)C4[C@@H](C)[C@H]4C)C(=O)N4N[C@H](C=O)C5CC4C5)n3)cc12. The van der Waals surface area contributed by atoms with Crippen molar-refractivity contribution < 1.29 is 38.1 Å². The number of ether oxygens (including phenoxy) is 5. The van der Waals surface area contributed by atoms with Crippen LogP contribution in [0, 0.1) is 53.5 Å². The number of hydrogen-bond donors (Lipinski definition) is 2. The van der Waals surface area contributed by atoms with Gasteiger partial charge in [0.1, 0.15) is 30.0 Å². The average Bonchev–Trinajstić information content (AvgIpc) is 1.63. The third-order valence-electron chi connectivity index (χ3n) is 19.9. The van der Waals surface area contributed by atoms with Gasteiger partial charge in [0.25, 0.3) is 5.91 Å². The molecular formula is C68H93N9O8S. The van der Waals surface area contributed by atoms with Gasteiger partial charge in [0, 0.05) is 135 Å². The van der Waals surface area contributed by atoms with Gasteiger partial charge in [0.05, 0.1) is 53.9 Å². The van der Waals surface area contributed by atoms with E-state index in [9.17, 15) is 9.59 Å². The number of thiazole rings is 1. The number of nitrogens with zero attached hydrogens (tertiary/aromatic N) is 7. The molecular weight excluding hydrogens is 1100 g/mol. The van der Waals surface area contributed by atoms with Crippen LogP contribution in [0.5, 0.6) is 0 Å². The maximum atomic E-state index is 15.5. The lowest BCUT2D eigenvalue weighted by Crippen LogP contribution is -2.70. The zero-order valence-electron chi connectivity index (χ0n) is 52.0. The summed E-state index contributed by atoms with van der Waals surface area (Å²) in [5, 5.41) is 9.00. The van der Waals surface area contributed by atoms with Crippen molar-refractivity contribution >= 4 is 40.3 Å². The van der Waals surface area contributed by atoms with Crippen LogP contribution in [0.2, 0.25) is 0 Å². The summed E-state index contributed by atoms with van der Waals surface area (Å²) in [6.07, 6.45) is 21.1. The molecule has 3 saturated carbocycles. The molecule has 2 bridgehead atoms. The van der Waals surface area contributed by atoms with Gasteiger partial charge in [-0.05, 0) is 139 Å². The van der Waals surface area contributed by atoms with Gasteiger partial charge in [0.2, 0.25) is 5.91 Å². The Morgan fingerprint density at radius 2 is 1.69 bits per heavy atom. The first-order valence-corrected chi connectivity index (χ1v) is 33.2. The molecule has 8 fully saturated rings. The second kappa shape index (κ2) is 28.1. The molecule has 2 amide bonds. The molecule has 1 aromatic carbocycles. The summed E-state index contributed by atoms with van der Waals surface area (Å²) in [7, 11) is 1.73. The molecule has 3 aliphatic carbocycles. The van der Waals surface area contributed by atoms with E-state index in [0.717, 1.165) is 171 Å². The van der Waals surface area contributed by atoms with Crippen LogP contribution in [0.25, 0.3) is 33.4 Å². The van der Waals surface area contributed by atoms with E-state index in [-0.39, 0.29) is 59.8 Å². The Bertz CT molecular complexity index is 3080. The van der Waals surface area contributed by atoms with Crippen LogP contribution in [0.3, 0.4) is 0 Å². The van der Waals surface area contributed by atoms with Gasteiger partial charge >= 0.3 is 0 Å². The van der Waals surface area contributed by atoms with Crippen molar-refractivity contribution in [1.82, 2.24) is 45.0 Å². The molecule has 0 spiro atoms. The number of amides is 2. The Kier molecular flexibility index (Phi) is 20.4. The second-order valence-corrected chi connectivity index (χ2v) is 27.4. The lowest BCUT2D eigenvalue weighted by atomic mass is 9.73. The Morgan fingerprint density at radius 1 is 0.953 bits per heavy atom. The van der Waals surface area contributed by atoms with E-state index in [0.29, 0.717) is 45.9 Å². The van der Waals surface area contributed by atoms with Crippen molar-refractivity contribution in [3.8, 4) is 46.9 Å². The maximum Gasteiger partial charge on any atom is 0.260 e. The van der Waals surface area contributed by atoms with E-state index in [4.69, 9.17) is 40.1 Å². The molecule has 5 aliphatic heterocycles. The largest absolute Gasteiger partial charge is 0.446 e. The van der Waals surface area contributed by atoms with E-state index in [1.807, 2.05) is 13.1 Å². The van der Waals surface area contributed by atoms with Crippen molar-refractivity contribution in [2.24, 2.45) is 29.1 Å². The number of carbonyl (C=O) groups excluding carboxylic acids is 3. The minimum absolute atomic E-state index is 0.0514. The number of rotatable bonds is 22. The number of methoxy groups -OCH3 is 1. The molecule has 17 nitrogen and oxygen atoms in total. The Balaban J connectivity index is 1.01. The summed E-state index contributed by atoms with van der Waals surface area (Å²) >= 11 is 1.54. The van der Waals surface area contributed by atoms with Crippen LogP contribution in [-0.4, -0.2) is 181 Å². The zero-order chi connectivity index (χ0) is 60.1. The number of fused-ring (bicyclic) bond motifs is 3. The summed E-state index contributed by atoms with van der Waals surface area (Å²) in [6.45, 7) is 23.5. The lowest BCUT2D eigenvalue weighted by Gasteiger charge is -2.53. The number of carbonyl (C=O) groups is 3. The van der Waals surface area contributed by atoms with E-state index in [1.165, 1.54) is 12.8 Å². The highest BCUT2D eigenvalue weighted by Crippen LogP contribution is 2.47. The molecule has 12 rings (SSSR count). The first kappa shape index (κ1) is 62.4. The predicted octanol–water partition coefficient (Wildman–Crippen LogP) is 8.48. The van der Waals surface area contributed by atoms with E-state index >= 15 is 4.79 Å². The lowest BCUT2D eigenvalue weighted by molar-refractivity contribution is -0.157. The van der Waals surface area contributed by atoms with Crippen LogP contribution < -0.4 is 10.7 Å². The van der Waals surface area contributed by atoms with Crippen molar-refractivity contribution in [3.05, 3.63) is 57.7 Å². The molecule has 5 saturated heterocycles. The number of hydrazine groups is 1. The summed E-state index contributed by atoms with van der Waals surface area (Å²) in [6, 6.07) is 8.27. The van der Waals surface area contributed by atoms with Gasteiger partial charge in [0.15, 0.2) is 0 Å². The van der Waals surface area contributed by atoms with Crippen molar-refractivity contribution in [1.29, 1.82) is 0 Å². The van der Waals surface area contributed by atoms with E-state index in [2.05, 4.69) is 112 Å². The molecule has 18 heteroatoms. The molecule has 2 N–H and O–H groups in total. The Morgan fingerprint density at radius 3 is 2.37 bits per heavy atom. The predicted molar refractivity (Wildman–Crippen MR) is 335 cm³/mol. The van der Waals surface area contributed by atoms with Crippen molar-refractivity contribution in [3.63, 3.8) is 0 Å². The summed E-state index contributed by atoms with van der Waals surface area (Å²) in [5.74, 6) is 6.84. The summed E-state index contributed by atoms with van der Waals surface area (Å²) < 4.78 is 32.7. The van der Waals surface area contributed by atoms with Crippen LogP contribution in [0.4, 0.5) is 0 Å². The van der Waals surface area contributed by atoms with Gasteiger partial charge in [-0.25, -0.2) is 10.4 Å². The topological polar surface area (TPSA) is 165 Å². The van der Waals surface area contributed by atoms with Crippen LogP contribution >= 0.6 is 11.3 Å².